The fraction of sp³-hybridized carbons (Fsp3) is 0.375. The third-order valence-corrected chi connectivity index (χ3v) is 34.0. The van der Waals surface area contributed by atoms with Gasteiger partial charge in [-0.2, -0.15) is 28.8 Å². The number of rotatable bonds is 47. The van der Waals surface area contributed by atoms with Crippen molar-refractivity contribution in [3.8, 4) is 0 Å². The van der Waals surface area contributed by atoms with Crippen LogP contribution in [-0.4, -0.2) is 170 Å². The van der Waals surface area contributed by atoms with Gasteiger partial charge in [0, 0.05) is 23.7 Å². The molecule has 0 radical (unpaired) electrons. The molecule has 132 heavy (non-hydrogen) atoms. The molecule has 0 amide bonds. The van der Waals surface area contributed by atoms with E-state index in [0.717, 1.165) is 108 Å². The predicted molar refractivity (Wildman–Crippen MR) is 510 cm³/mol. The quantitative estimate of drug-likeness (QED) is 0.0113. The lowest BCUT2D eigenvalue weighted by atomic mass is 9.74. The van der Waals surface area contributed by atoms with Crippen LogP contribution in [0.25, 0.3) is 0 Å². The molecule has 0 heterocycles. The van der Waals surface area contributed by atoms with Gasteiger partial charge in [0.15, 0.2) is 0 Å². The van der Waals surface area contributed by atoms with Crippen molar-refractivity contribution in [1.82, 2.24) is 0 Å². The summed E-state index contributed by atoms with van der Waals surface area (Å²) in [5.74, 6) is -13.3. The highest BCUT2D eigenvalue weighted by Crippen LogP contribution is 2.35. The van der Waals surface area contributed by atoms with E-state index in [1.807, 2.05) is 41.5 Å². The van der Waals surface area contributed by atoms with E-state index in [9.17, 15) is 57.5 Å². The van der Waals surface area contributed by atoms with Crippen molar-refractivity contribution in [2.24, 2.45) is 23.7 Å². The lowest BCUT2D eigenvalue weighted by Crippen LogP contribution is -2.41. The van der Waals surface area contributed by atoms with Crippen molar-refractivity contribution in [3.63, 3.8) is 0 Å². The lowest BCUT2D eigenvalue weighted by Gasteiger charge is -2.36. The van der Waals surface area contributed by atoms with Crippen LogP contribution in [0.3, 0.4) is 0 Å². The highest BCUT2D eigenvalue weighted by molar-refractivity contribution is 6.63. The van der Waals surface area contributed by atoms with Crippen LogP contribution in [0.4, 0.5) is 28.8 Å². The molecular weight excluding hydrogens is 1800 g/mol. The molecule has 6 rings (SSSR count). The van der Waals surface area contributed by atoms with Gasteiger partial charge in [-0.1, -0.05) is 255 Å². The average Bonchev–Trinajstić information content (AvgIpc) is 0.825. The number of carbonyl (C=O) groups is 12. The van der Waals surface area contributed by atoms with Gasteiger partial charge >= 0.3 is 72.7 Å². The maximum absolute atomic E-state index is 14.2. The Morgan fingerprint density at radius 3 is 0.538 bits per heavy atom. The number of allylic oxidation sites excluding steroid dienone is 12. The van der Waals surface area contributed by atoms with Crippen molar-refractivity contribution in [2.75, 3.05) is 39.6 Å². The Bertz CT molecular complexity index is 4610. The first-order valence-electron chi connectivity index (χ1n) is 44.8. The van der Waals surface area contributed by atoms with Crippen LogP contribution in [-0.2, 0) is 87.1 Å². The predicted octanol–water partition coefficient (Wildman–Crippen LogP) is 12.8. The second kappa shape index (κ2) is 61.2. The maximum Gasteiger partial charge on any atom is 0.549 e. The topological polar surface area (TPSA) is 371 Å². The molecule has 30 nitrogen and oxygen atoms in total. The fourth-order valence-electron chi connectivity index (χ4n) is 14.1. The van der Waals surface area contributed by atoms with E-state index in [2.05, 4.69) is 78.0 Å². The van der Waals surface area contributed by atoms with Gasteiger partial charge in [-0.3, -0.25) is 0 Å². The lowest BCUT2D eigenvalue weighted by molar-refractivity contribution is -0.212. The van der Waals surface area contributed by atoms with Crippen molar-refractivity contribution >= 4 is 161 Å². The minimum Gasteiger partial charge on any atom is -0.432 e. The van der Waals surface area contributed by atoms with Crippen LogP contribution in [0.2, 0.25) is 0 Å². The molecule has 6 aromatic rings. The molecule has 0 saturated carbocycles. The molecule has 0 saturated heterocycles. The molecule has 6 aromatic carbocycles. The normalized spacial score (nSPS) is 13.2. The molecular formula is C96H122O30Si6. The van der Waals surface area contributed by atoms with E-state index in [-0.39, 0.29) is 33.4 Å². The number of hydrogen-bond acceptors (Lipinski definition) is 30. The van der Waals surface area contributed by atoms with Gasteiger partial charge in [-0.05, 0) is 163 Å². The van der Waals surface area contributed by atoms with Gasteiger partial charge in [0.2, 0.25) is 0 Å². The number of ether oxygens (including phenoxy) is 6. The molecule has 0 aliphatic heterocycles. The van der Waals surface area contributed by atoms with Crippen LogP contribution in [0.1, 0.15) is 235 Å². The minimum atomic E-state index is -1.73. The van der Waals surface area contributed by atoms with E-state index in [0.29, 0.717) is 0 Å². The summed E-state index contributed by atoms with van der Waals surface area (Å²) >= 11 is 0. The molecule has 0 N–H and O–H groups in total. The Hall–Kier alpha value is -12.5. The second-order valence-electron chi connectivity index (χ2n) is 30.6. The summed E-state index contributed by atoms with van der Waals surface area (Å²) in [4.78, 5) is 224. The van der Waals surface area contributed by atoms with Crippen LogP contribution < -0.4 is 31.1 Å². The summed E-state index contributed by atoms with van der Waals surface area (Å²) in [6, 6.07) is 38.8. The second-order valence-corrected chi connectivity index (χ2v) is 43.0. The largest absolute Gasteiger partial charge is 0.549 e. The summed E-state index contributed by atoms with van der Waals surface area (Å²) in [6.07, 6.45) is 11.9. The van der Waals surface area contributed by atoms with Crippen molar-refractivity contribution < 1.29 is 145 Å². The molecule has 0 fully saturated rings. The van der Waals surface area contributed by atoms with E-state index in [1.54, 1.807) is 72.8 Å². The van der Waals surface area contributed by atoms with Crippen molar-refractivity contribution in [3.05, 3.63) is 247 Å². The average molecular weight is 1920 g/mol. The zero-order chi connectivity index (χ0) is 96.0. The SMILES string of the molecule is CCC=C(CC)[SiH2]c1ccc(C(=O)OOC(=O)OCCC(COC(=O)OOC(=O)c2ccc([SiH2]C(=CCC)CC)cc2)C(COC(=O)OOC(=O)c2ccc([SiH2]C(=CCC)CC)cc2)C(COC(=O)OOC(=O)c2ccc([SiH2]C(=CCC)CC)cc2)C(CCOC(=O)OOC(=O)c2ccc([SiH2]C(=CCC)CC)cc2)COC(=O)OOC(=O)c2ccc([SiH2]C(=CCC)CC)cc2)cc1. The summed E-state index contributed by atoms with van der Waals surface area (Å²) in [5.41, 5.74) is -0.142. The van der Waals surface area contributed by atoms with Crippen LogP contribution in [0.5, 0.6) is 0 Å². The first-order chi connectivity index (χ1) is 63.8. The Morgan fingerprint density at radius 2 is 0.379 bits per heavy atom. The summed E-state index contributed by atoms with van der Waals surface area (Å²) in [7, 11) is -5.30. The highest BCUT2D eigenvalue weighted by Gasteiger charge is 2.40. The zero-order valence-electron chi connectivity index (χ0n) is 77.3. The van der Waals surface area contributed by atoms with E-state index < -0.39 is 206 Å². The van der Waals surface area contributed by atoms with E-state index >= 15 is 0 Å². The number of benzene rings is 6. The molecule has 4 atom stereocenters. The van der Waals surface area contributed by atoms with Gasteiger partial charge in [-0.15, -0.1) is 0 Å². The van der Waals surface area contributed by atoms with Gasteiger partial charge < -0.3 is 28.4 Å². The fourth-order valence-corrected chi connectivity index (χ4v) is 24.2. The molecule has 4 unspecified atom stereocenters. The third-order valence-electron chi connectivity index (χ3n) is 21.3. The smallest absolute Gasteiger partial charge is 0.432 e. The van der Waals surface area contributed by atoms with E-state index in [4.69, 9.17) is 87.1 Å². The van der Waals surface area contributed by atoms with Gasteiger partial charge in [0.25, 0.3) is 0 Å². The molecule has 0 aliphatic carbocycles. The molecule has 0 bridgehead atoms. The molecule has 0 spiro atoms. The van der Waals surface area contributed by atoms with Crippen LogP contribution >= 0.6 is 0 Å². The molecule has 0 aliphatic rings. The Kier molecular flexibility index (Phi) is 50.2. The zero-order valence-corrected chi connectivity index (χ0v) is 85.7. The highest BCUT2D eigenvalue weighted by atomic mass is 28.2. The molecule has 710 valence electrons. The Balaban J connectivity index is 1.44. The molecule has 0 aromatic heterocycles. The number of hydrogen-bond donors (Lipinski definition) is 0. The van der Waals surface area contributed by atoms with Gasteiger partial charge in [0.1, 0.15) is 0 Å². The van der Waals surface area contributed by atoms with Crippen LogP contribution in [0, 0.1) is 23.7 Å². The van der Waals surface area contributed by atoms with Crippen molar-refractivity contribution in [1.29, 1.82) is 0 Å². The van der Waals surface area contributed by atoms with E-state index in [1.165, 1.54) is 104 Å². The minimum absolute atomic E-state index is 0.00433. The Morgan fingerprint density at radius 1 is 0.220 bits per heavy atom. The third kappa shape index (κ3) is 40.1. The van der Waals surface area contributed by atoms with Gasteiger partial charge in [0.05, 0.1) is 130 Å². The first kappa shape index (κ1) is 108. The van der Waals surface area contributed by atoms with Gasteiger partial charge in [-0.25, -0.2) is 87.4 Å². The number of carbonyl (C=O) groups excluding carboxylic acids is 12. The molecule has 36 heteroatoms. The summed E-state index contributed by atoms with van der Waals surface area (Å²) in [6.45, 7) is 18.8. The Labute approximate surface area is 783 Å². The standard InChI is InChI=1S/C96H122O30Si6/c1-13-25-71(19-7)127-77-43-31-63(32-44-77)85(97)115-121-91(103)109-57-55-69(59-111-93(105)123-117-87(99)65-35-47-79(48-36-65)129-73(21-9)27-15-3)83(61-113-95(107)125-119-89(101)67-39-51-81(52-40-67)131-75(23-11)29-17-5)84(62-114-96(108)126-120-90(102)68-41-53-82(54-42-68)132-76(24-12)30-18-6)70(60-112-94(106)124-118-88(100)66-37-49-80(50-38-66)130-74(22-10)28-16-4)56-58-110-92(104)122-116-86(98)64-33-45-78(46-34-64)128-72(20-8)26-14-2/h25-54,69-70,83-84H,13-24,55-62,127-132H2,1-12H3. The maximum atomic E-state index is 14.2. The summed E-state index contributed by atoms with van der Waals surface area (Å²) in [5, 5.41) is 13.8. The van der Waals surface area contributed by atoms with Crippen molar-refractivity contribution in [2.45, 2.75) is 173 Å². The summed E-state index contributed by atoms with van der Waals surface area (Å²) < 4.78 is 33.7. The first-order valence-corrected chi connectivity index (χ1v) is 53.2. The monoisotopic (exact) mass is 1920 g/mol. The van der Waals surface area contributed by atoms with Crippen LogP contribution in [0.15, 0.2) is 213 Å².